The number of hydrogen-bond acceptors (Lipinski definition) is 3. The summed E-state index contributed by atoms with van der Waals surface area (Å²) in [7, 11) is 0. The summed E-state index contributed by atoms with van der Waals surface area (Å²) in [6.45, 7) is 0. The lowest BCUT2D eigenvalue weighted by molar-refractivity contribution is -0.189. The molecule has 0 saturated heterocycles. The van der Waals surface area contributed by atoms with Gasteiger partial charge in [0.2, 0.25) is 0 Å². The van der Waals surface area contributed by atoms with Gasteiger partial charge in [0.25, 0.3) is 0 Å². The maximum absolute atomic E-state index is 12.0. The van der Waals surface area contributed by atoms with E-state index in [-0.39, 0.29) is 4.47 Å². The van der Waals surface area contributed by atoms with E-state index < -0.39 is 29.4 Å². The zero-order valence-electron chi connectivity index (χ0n) is 8.22. The van der Waals surface area contributed by atoms with Crippen molar-refractivity contribution in [1.29, 1.82) is 0 Å². The van der Waals surface area contributed by atoms with Crippen LogP contribution in [0.2, 0.25) is 0 Å². The van der Waals surface area contributed by atoms with Gasteiger partial charge in [0.1, 0.15) is 5.56 Å². The highest BCUT2D eigenvalue weighted by Gasteiger charge is 2.42. The third-order valence-electron chi connectivity index (χ3n) is 1.67. The molecule has 0 aliphatic rings. The van der Waals surface area contributed by atoms with Crippen molar-refractivity contribution in [3.63, 3.8) is 0 Å². The Bertz CT molecular complexity index is 513. The van der Waals surface area contributed by atoms with Crippen LogP contribution in [0.25, 0.3) is 0 Å². The van der Waals surface area contributed by atoms with E-state index in [4.69, 9.17) is 5.11 Å². The number of benzene rings is 1. The van der Waals surface area contributed by atoms with Gasteiger partial charge in [-0.3, -0.25) is 0 Å². The molecule has 0 atom stereocenters. The third-order valence-corrected chi connectivity index (χ3v) is 2.71. The quantitative estimate of drug-likeness (QED) is 0.620. The highest BCUT2D eigenvalue weighted by Crippen LogP contribution is 2.34. The van der Waals surface area contributed by atoms with Crippen molar-refractivity contribution < 1.29 is 32.6 Å². The number of carboxylic acids is 1. The molecule has 1 aromatic rings. The standard InChI is InChI=1S/C9H3Br2F3O4/c10-3-1-4(7(15)16)6(5(11)2-3)18-8(17)9(12,13)14/h1-2H,(H,15,16). The number of carbonyl (C=O) groups excluding carboxylic acids is 1. The van der Waals surface area contributed by atoms with Crippen LogP contribution in [0.4, 0.5) is 13.2 Å². The SMILES string of the molecule is O=C(O)c1cc(Br)cc(Br)c1OC(=O)C(F)(F)F. The smallest absolute Gasteiger partial charge is 0.478 e. The number of halogens is 5. The van der Waals surface area contributed by atoms with Crippen molar-refractivity contribution in [2.75, 3.05) is 0 Å². The minimum atomic E-state index is -5.21. The molecule has 1 aromatic carbocycles. The Hall–Kier alpha value is -1.09. The number of ether oxygens (including phenoxy) is 1. The second kappa shape index (κ2) is 5.27. The van der Waals surface area contributed by atoms with Crippen molar-refractivity contribution in [3.8, 4) is 5.75 Å². The van der Waals surface area contributed by atoms with Crippen molar-refractivity contribution in [2.24, 2.45) is 0 Å². The summed E-state index contributed by atoms with van der Waals surface area (Å²) in [5.41, 5.74) is -0.575. The van der Waals surface area contributed by atoms with Crippen LogP contribution in [0.5, 0.6) is 5.75 Å². The lowest BCUT2D eigenvalue weighted by Crippen LogP contribution is -2.28. The van der Waals surface area contributed by atoms with E-state index in [9.17, 15) is 22.8 Å². The number of rotatable bonds is 2. The van der Waals surface area contributed by atoms with Gasteiger partial charge < -0.3 is 9.84 Å². The van der Waals surface area contributed by atoms with E-state index in [0.717, 1.165) is 6.07 Å². The fraction of sp³-hybridized carbons (Fsp3) is 0.111. The predicted molar refractivity (Wildman–Crippen MR) is 60.5 cm³/mol. The van der Waals surface area contributed by atoms with Gasteiger partial charge in [-0.2, -0.15) is 13.2 Å². The Morgan fingerprint density at radius 3 is 2.22 bits per heavy atom. The fourth-order valence-corrected chi connectivity index (χ4v) is 2.28. The van der Waals surface area contributed by atoms with E-state index in [2.05, 4.69) is 36.6 Å². The number of alkyl halides is 3. The molecule has 98 valence electrons. The molecule has 1 rings (SSSR count). The fourth-order valence-electron chi connectivity index (χ4n) is 0.974. The van der Waals surface area contributed by atoms with E-state index >= 15 is 0 Å². The zero-order valence-corrected chi connectivity index (χ0v) is 11.4. The van der Waals surface area contributed by atoms with Gasteiger partial charge in [0.05, 0.1) is 4.47 Å². The Balaban J connectivity index is 3.24. The minimum Gasteiger partial charge on any atom is -0.478 e. The summed E-state index contributed by atoms with van der Waals surface area (Å²) in [4.78, 5) is 21.5. The first-order valence-electron chi connectivity index (χ1n) is 4.14. The summed E-state index contributed by atoms with van der Waals surface area (Å²) in [5.74, 6) is -4.72. The monoisotopic (exact) mass is 390 g/mol. The van der Waals surface area contributed by atoms with Crippen LogP contribution in [0.1, 0.15) is 10.4 Å². The first kappa shape index (κ1) is 15.0. The van der Waals surface area contributed by atoms with Gasteiger partial charge in [-0.05, 0) is 28.1 Å². The van der Waals surface area contributed by atoms with Crippen LogP contribution in [-0.4, -0.2) is 23.2 Å². The summed E-state index contributed by atoms with van der Waals surface area (Å²) in [6.07, 6.45) is -5.21. The molecule has 0 radical (unpaired) electrons. The summed E-state index contributed by atoms with van der Waals surface area (Å²) < 4.78 is 40.4. The Morgan fingerprint density at radius 2 is 1.78 bits per heavy atom. The van der Waals surface area contributed by atoms with Crippen LogP contribution in [0, 0.1) is 0 Å². The Kier molecular flexibility index (Phi) is 4.38. The molecule has 0 spiro atoms. The van der Waals surface area contributed by atoms with Crippen LogP contribution in [0.3, 0.4) is 0 Å². The maximum Gasteiger partial charge on any atom is 0.491 e. The average Bonchev–Trinajstić information content (AvgIpc) is 2.19. The molecule has 18 heavy (non-hydrogen) atoms. The van der Waals surface area contributed by atoms with E-state index in [1.54, 1.807) is 0 Å². The molecule has 0 amide bonds. The van der Waals surface area contributed by atoms with Crippen LogP contribution >= 0.6 is 31.9 Å². The number of carboxylic acid groups (broad SMARTS) is 1. The first-order chi connectivity index (χ1) is 8.12. The van der Waals surface area contributed by atoms with E-state index in [1.165, 1.54) is 6.07 Å². The normalized spacial score (nSPS) is 11.2. The highest BCUT2D eigenvalue weighted by atomic mass is 79.9. The maximum atomic E-state index is 12.0. The molecule has 0 aliphatic heterocycles. The first-order valence-corrected chi connectivity index (χ1v) is 5.73. The topological polar surface area (TPSA) is 63.6 Å². The molecule has 4 nitrogen and oxygen atoms in total. The lowest BCUT2D eigenvalue weighted by Gasteiger charge is -2.11. The zero-order chi connectivity index (χ0) is 14.1. The molecule has 1 N–H and O–H groups in total. The molecule has 0 aliphatic carbocycles. The third kappa shape index (κ3) is 3.45. The predicted octanol–water partition coefficient (Wildman–Crippen LogP) is 3.38. The summed E-state index contributed by atoms with van der Waals surface area (Å²) in [6, 6.07) is 2.28. The highest BCUT2D eigenvalue weighted by molar-refractivity contribution is 9.11. The molecule has 0 bridgehead atoms. The van der Waals surface area contributed by atoms with Gasteiger partial charge >= 0.3 is 18.1 Å². The van der Waals surface area contributed by atoms with Gasteiger partial charge in [-0.25, -0.2) is 9.59 Å². The Morgan fingerprint density at radius 1 is 1.22 bits per heavy atom. The molecular weight excluding hydrogens is 389 g/mol. The number of aromatic carboxylic acids is 1. The molecular formula is C9H3Br2F3O4. The minimum absolute atomic E-state index is 0.0909. The average molecular weight is 392 g/mol. The molecule has 0 aromatic heterocycles. The number of esters is 1. The van der Waals surface area contributed by atoms with E-state index in [1.807, 2.05) is 0 Å². The van der Waals surface area contributed by atoms with Gasteiger partial charge in [-0.1, -0.05) is 15.9 Å². The van der Waals surface area contributed by atoms with Gasteiger partial charge in [0, 0.05) is 4.47 Å². The molecule has 0 saturated carbocycles. The second-order valence-corrected chi connectivity index (χ2v) is 4.73. The number of carbonyl (C=O) groups is 2. The van der Waals surface area contributed by atoms with Crippen molar-refractivity contribution >= 4 is 43.8 Å². The molecule has 0 heterocycles. The Labute approximate surface area is 115 Å². The van der Waals surface area contributed by atoms with Crippen molar-refractivity contribution in [2.45, 2.75) is 6.18 Å². The molecule has 0 unspecified atom stereocenters. The lowest BCUT2D eigenvalue weighted by atomic mass is 10.2. The molecule has 0 fully saturated rings. The van der Waals surface area contributed by atoms with Crippen LogP contribution in [0.15, 0.2) is 21.1 Å². The van der Waals surface area contributed by atoms with Crippen LogP contribution < -0.4 is 4.74 Å². The molecule has 9 heteroatoms. The number of hydrogen-bond donors (Lipinski definition) is 1. The summed E-state index contributed by atoms with van der Waals surface area (Å²) >= 11 is 5.79. The van der Waals surface area contributed by atoms with Gasteiger partial charge in [0.15, 0.2) is 5.75 Å². The van der Waals surface area contributed by atoms with Gasteiger partial charge in [-0.15, -0.1) is 0 Å². The van der Waals surface area contributed by atoms with Crippen LogP contribution in [-0.2, 0) is 4.79 Å². The summed E-state index contributed by atoms with van der Waals surface area (Å²) in [5, 5.41) is 8.82. The second-order valence-electron chi connectivity index (χ2n) is 2.96. The largest absolute Gasteiger partial charge is 0.491 e. The van der Waals surface area contributed by atoms with Crippen molar-refractivity contribution in [3.05, 3.63) is 26.6 Å². The van der Waals surface area contributed by atoms with Crippen molar-refractivity contribution in [1.82, 2.24) is 0 Å². The van der Waals surface area contributed by atoms with E-state index in [0.29, 0.717) is 4.47 Å².